The van der Waals surface area contributed by atoms with E-state index in [1.54, 1.807) is 24.3 Å². The van der Waals surface area contributed by atoms with Crippen LogP contribution in [-0.2, 0) is 4.79 Å². The molecule has 5 heteroatoms. The number of para-hydroxylation sites is 1. The minimum atomic E-state index is -0.0906. The first-order valence-corrected chi connectivity index (χ1v) is 5.90. The summed E-state index contributed by atoms with van der Waals surface area (Å²) in [6.07, 6.45) is 0. The van der Waals surface area contributed by atoms with Crippen molar-refractivity contribution in [3.05, 3.63) is 29.8 Å². The van der Waals surface area contributed by atoms with Crippen molar-refractivity contribution in [2.75, 3.05) is 32.0 Å². The van der Waals surface area contributed by atoms with E-state index in [0.717, 1.165) is 13.1 Å². The number of likely N-dealkylation sites (N-methyl/N-ethyl adjacent to an activating group) is 1. The summed E-state index contributed by atoms with van der Waals surface area (Å²) >= 11 is 0. The van der Waals surface area contributed by atoms with Crippen molar-refractivity contribution in [3.8, 4) is 6.07 Å². The summed E-state index contributed by atoms with van der Waals surface area (Å²) in [6.45, 7) is 2.20. The molecule has 5 nitrogen and oxygen atoms in total. The average molecular weight is 244 g/mol. The fraction of sp³-hybridized carbons (Fsp3) is 0.385. The van der Waals surface area contributed by atoms with Gasteiger partial charge in [0.2, 0.25) is 5.91 Å². The van der Waals surface area contributed by atoms with E-state index in [-0.39, 0.29) is 5.91 Å². The van der Waals surface area contributed by atoms with Crippen molar-refractivity contribution >= 4 is 11.6 Å². The molecule has 0 aromatic heterocycles. The molecule has 1 saturated heterocycles. The number of anilines is 1. The fourth-order valence-corrected chi connectivity index (χ4v) is 1.82. The number of carbonyl (C=O) groups is 1. The molecule has 1 aromatic rings. The van der Waals surface area contributed by atoms with Crippen molar-refractivity contribution in [3.63, 3.8) is 0 Å². The third-order valence-electron chi connectivity index (χ3n) is 3.10. The van der Waals surface area contributed by atoms with E-state index in [2.05, 4.69) is 16.7 Å². The van der Waals surface area contributed by atoms with Crippen LogP contribution in [0.4, 0.5) is 5.69 Å². The molecule has 1 aromatic carbocycles. The molecule has 0 spiro atoms. The zero-order valence-corrected chi connectivity index (χ0v) is 10.3. The maximum Gasteiger partial charge on any atom is 0.238 e. The summed E-state index contributed by atoms with van der Waals surface area (Å²) in [6, 6.07) is 9.50. The fourth-order valence-electron chi connectivity index (χ4n) is 1.82. The Kier molecular flexibility index (Phi) is 3.92. The van der Waals surface area contributed by atoms with E-state index in [0.29, 0.717) is 23.8 Å². The van der Waals surface area contributed by atoms with E-state index in [4.69, 9.17) is 5.26 Å². The van der Waals surface area contributed by atoms with Crippen molar-refractivity contribution in [2.24, 2.45) is 0 Å². The monoisotopic (exact) mass is 244 g/mol. The van der Waals surface area contributed by atoms with Gasteiger partial charge in [-0.1, -0.05) is 12.1 Å². The molecule has 2 rings (SSSR count). The van der Waals surface area contributed by atoms with Crippen LogP contribution in [0, 0.1) is 11.3 Å². The molecule has 0 unspecified atom stereocenters. The van der Waals surface area contributed by atoms with Gasteiger partial charge in [-0.05, 0) is 19.2 Å². The number of hydrogen-bond donors (Lipinski definition) is 2. The summed E-state index contributed by atoms with van der Waals surface area (Å²) in [4.78, 5) is 13.9. The summed E-state index contributed by atoms with van der Waals surface area (Å²) in [5.41, 5.74) is 1.06. The molecule has 1 amide bonds. The lowest BCUT2D eigenvalue weighted by Crippen LogP contribution is -2.57. The Morgan fingerprint density at radius 1 is 1.56 bits per heavy atom. The molecule has 0 bridgehead atoms. The normalized spacial score (nSPS) is 14.9. The Balaban J connectivity index is 1.92. The van der Waals surface area contributed by atoms with Gasteiger partial charge in [0, 0.05) is 19.1 Å². The van der Waals surface area contributed by atoms with Crippen LogP contribution < -0.4 is 10.6 Å². The number of nitrogens with zero attached hydrogens (tertiary/aromatic N) is 2. The highest BCUT2D eigenvalue weighted by molar-refractivity contribution is 5.93. The minimum Gasteiger partial charge on any atom is -0.324 e. The van der Waals surface area contributed by atoms with Gasteiger partial charge >= 0.3 is 0 Å². The molecule has 0 aliphatic carbocycles. The first-order valence-electron chi connectivity index (χ1n) is 5.90. The molecule has 1 aliphatic heterocycles. The number of rotatable bonds is 4. The van der Waals surface area contributed by atoms with Crippen LogP contribution >= 0.6 is 0 Å². The van der Waals surface area contributed by atoms with E-state index < -0.39 is 0 Å². The molecule has 1 aliphatic rings. The Labute approximate surface area is 106 Å². The van der Waals surface area contributed by atoms with Crippen LogP contribution in [0.15, 0.2) is 24.3 Å². The van der Waals surface area contributed by atoms with Crippen molar-refractivity contribution in [2.45, 2.75) is 6.04 Å². The lowest BCUT2D eigenvalue weighted by atomic mass is 10.1. The first-order chi connectivity index (χ1) is 8.70. The molecule has 1 fully saturated rings. The van der Waals surface area contributed by atoms with Gasteiger partial charge in [-0.15, -0.1) is 0 Å². The maximum absolute atomic E-state index is 11.9. The molecule has 94 valence electrons. The molecule has 0 saturated carbocycles. The van der Waals surface area contributed by atoms with Gasteiger partial charge in [-0.2, -0.15) is 5.26 Å². The number of nitriles is 1. The van der Waals surface area contributed by atoms with Gasteiger partial charge in [0.1, 0.15) is 6.07 Å². The second-order valence-electron chi connectivity index (χ2n) is 4.43. The largest absolute Gasteiger partial charge is 0.324 e. The number of hydrogen-bond acceptors (Lipinski definition) is 4. The van der Waals surface area contributed by atoms with E-state index >= 15 is 0 Å². The van der Waals surface area contributed by atoms with Gasteiger partial charge in [0.15, 0.2) is 0 Å². The summed E-state index contributed by atoms with van der Waals surface area (Å²) in [7, 11) is 1.93. The predicted octanol–water partition coefficient (Wildman–Crippen LogP) is 0.400. The molecular weight excluding hydrogens is 228 g/mol. The lowest BCUT2D eigenvalue weighted by Gasteiger charge is -2.35. The van der Waals surface area contributed by atoms with Crippen molar-refractivity contribution in [1.29, 1.82) is 5.26 Å². The molecule has 0 atom stereocenters. The minimum absolute atomic E-state index is 0.0906. The highest BCUT2D eigenvalue weighted by Crippen LogP contribution is 2.13. The number of amides is 1. The third-order valence-corrected chi connectivity index (χ3v) is 3.10. The Morgan fingerprint density at radius 3 is 2.89 bits per heavy atom. The van der Waals surface area contributed by atoms with Crippen LogP contribution in [0.1, 0.15) is 5.56 Å². The number of nitrogens with one attached hydrogen (secondary N) is 2. The van der Waals surface area contributed by atoms with E-state index in [1.165, 1.54) is 0 Å². The molecule has 18 heavy (non-hydrogen) atoms. The second-order valence-corrected chi connectivity index (χ2v) is 4.43. The van der Waals surface area contributed by atoms with E-state index in [9.17, 15) is 4.79 Å². The van der Waals surface area contributed by atoms with Crippen LogP contribution in [0.5, 0.6) is 0 Å². The van der Waals surface area contributed by atoms with Gasteiger partial charge in [-0.3, -0.25) is 9.69 Å². The Bertz CT molecular complexity index is 476. The smallest absolute Gasteiger partial charge is 0.238 e. The van der Waals surface area contributed by atoms with Gasteiger partial charge in [0.05, 0.1) is 17.8 Å². The Morgan fingerprint density at radius 2 is 2.28 bits per heavy atom. The van der Waals surface area contributed by atoms with Gasteiger partial charge in [-0.25, -0.2) is 0 Å². The first kappa shape index (κ1) is 12.6. The van der Waals surface area contributed by atoms with Crippen LogP contribution in [-0.4, -0.2) is 43.5 Å². The quantitative estimate of drug-likeness (QED) is 0.804. The topological polar surface area (TPSA) is 68.2 Å². The van der Waals surface area contributed by atoms with Crippen LogP contribution in [0.3, 0.4) is 0 Å². The van der Waals surface area contributed by atoms with Crippen LogP contribution in [0.2, 0.25) is 0 Å². The highest BCUT2D eigenvalue weighted by Gasteiger charge is 2.23. The lowest BCUT2D eigenvalue weighted by molar-refractivity contribution is -0.117. The number of carbonyl (C=O) groups excluding carboxylic acids is 1. The van der Waals surface area contributed by atoms with Gasteiger partial charge < -0.3 is 10.6 Å². The predicted molar refractivity (Wildman–Crippen MR) is 69.1 cm³/mol. The summed E-state index contributed by atoms with van der Waals surface area (Å²) < 4.78 is 0. The summed E-state index contributed by atoms with van der Waals surface area (Å²) in [5.74, 6) is -0.0906. The highest BCUT2D eigenvalue weighted by atomic mass is 16.2. The number of benzene rings is 1. The van der Waals surface area contributed by atoms with Gasteiger partial charge in [0.25, 0.3) is 0 Å². The molecule has 1 heterocycles. The maximum atomic E-state index is 11.9. The van der Waals surface area contributed by atoms with Crippen LogP contribution in [0.25, 0.3) is 0 Å². The second kappa shape index (κ2) is 5.63. The standard InChI is InChI=1S/C13H16N4O/c1-17(11-7-15-8-11)9-13(18)16-12-5-3-2-4-10(12)6-14/h2-5,11,15H,7-9H2,1H3,(H,16,18). The Hall–Kier alpha value is -1.90. The molecule has 2 N–H and O–H groups in total. The summed E-state index contributed by atoms with van der Waals surface area (Å²) in [5, 5.41) is 14.9. The van der Waals surface area contributed by atoms with Crippen molar-refractivity contribution in [1.82, 2.24) is 10.2 Å². The zero-order chi connectivity index (χ0) is 13.0. The zero-order valence-electron chi connectivity index (χ0n) is 10.3. The molecular formula is C13H16N4O. The van der Waals surface area contributed by atoms with Crippen molar-refractivity contribution < 1.29 is 4.79 Å². The average Bonchev–Trinajstić information content (AvgIpc) is 2.27. The third kappa shape index (κ3) is 2.86. The van der Waals surface area contributed by atoms with E-state index in [1.807, 2.05) is 11.9 Å². The SMILES string of the molecule is CN(CC(=O)Nc1ccccc1C#N)C1CNC1. The molecule has 0 radical (unpaired) electrons.